The van der Waals surface area contributed by atoms with Crippen molar-refractivity contribution in [3.8, 4) is 0 Å². The molecule has 2 aromatic carbocycles. The molecule has 0 fully saturated rings. The zero-order chi connectivity index (χ0) is 21.8. The van der Waals surface area contributed by atoms with E-state index in [-0.39, 0.29) is 26.5 Å². The Hall–Kier alpha value is -2.29. The van der Waals surface area contributed by atoms with Crippen LogP contribution in [0.5, 0.6) is 0 Å². The summed E-state index contributed by atoms with van der Waals surface area (Å²) in [6.07, 6.45) is -0.418. The van der Waals surface area contributed by atoms with Crippen LogP contribution in [0.3, 0.4) is 0 Å². The fourth-order valence-electron chi connectivity index (χ4n) is 2.44. The van der Waals surface area contributed by atoms with Gasteiger partial charge in [-0.25, -0.2) is 8.42 Å². The van der Waals surface area contributed by atoms with Gasteiger partial charge in [-0.15, -0.1) is 0 Å². The van der Waals surface area contributed by atoms with Gasteiger partial charge in [0.2, 0.25) is 5.91 Å². The van der Waals surface area contributed by atoms with Crippen molar-refractivity contribution in [2.75, 3.05) is 16.2 Å². The van der Waals surface area contributed by atoms with Crippen LogP contribution in [-0.4, -0.2) is 32.9 Å². The Morgan fingerprint density at radius 3 is 2.28 bits per heavy atom. The molecule has 0 spiro atoms. The second kappa shape index (κ2) is 9.47. The standard InChI is InChI=1S/C19H20Cl2N2O5S/c1-12(2)28-18(25)11-23(17-6-4-5-16(20)19(17)21)29(26,27)15-9-7-14(8-10-15)22-13(3)24/h4-10,12H,11H2,1-3H3,(H,22,24). The number of hydrogen-bond donors (Lipinski definition) is 1. The van der Waals surface area contributed by atoms with Crippen molar-refractivity contribution in [3.05, 3.63) is 52.5 Å². The number of ether oxygens (including phenoxy) is 1. The summed E-state index contributed by atoms with van der Waals surface area (Å²) in [5.74, 6) is -1.03. The van der Waals surface area contributed by atoms with Crippen molar-refractivity contribution < 1.29 is 22.7 Å². The quantitative estimate of drug-likeness (QED) is 0.630. The molecule has 29 heavy (non-hydrogen) atoms. The maximum Gasteiger partial charge on any atom is 0.327 e. The van der Waals surface area contributed by atoms with Crippen LogP contribution in [-0.2, 0) is 24.3 Å². The van der Waals surface area contributed by atoms with Crippen LogP contribution in [0, 0.1) is 0 Å². The Labute approximate surface area is 179 Å². The summed E-state index contributed by atoms with van der Waals surface area (Å²) in [5, 5.41) is 2.69. The minimum absolute atomic E-state index is 0.00930. The Kier molecular flexibility index (Phi) is 7.51. The number of carbonyl (C=O) groups excluding carboxylic acids is 2. The van der Waals surface area contributed by atoms with Crippen LogP contribution >= 0.6 is 23.2 Å². The number of halogens is 2. The number of hydrogen-bond acceptors (Lipinski definition) is 5. The number of sulfonamides is 1. The Morgan fingerprint density at radius 1 is 1.10 bits per heavy atom. The normalized spacial score (nSPS) is 11.2. The number of esters is 1. The summed E-state index contributed by atoms with van der Waals surface area (Å²) in [6, 6.07) is 10.0. The fraction of sp³-hybridized carbons (Fsp3) is 0.263. The lowest BCUT2D eigenvalue weighted by Gasteiger charge is -2.25. The molecule has 0 aromatic heterocycles. The molecular formula is C19H20Cl2N2O5S. The van der Waals surface area contributed by atoms with Gasteiger partial charge in [-0.2, -0.15) is 0 Å². The summed E-state index contributed by atoms with van der Waals surface area (Å²) in [6.45, 7) is 4.07. The Bertz CT molecular complexity index is 1010. The molecule has 0 aliphatic rings. The molecule has 0 saturated carbocycles. The average Bonchev–Trinajstić information content (AvgIpc) is 2.61. The summed E-state index contributed by atoms with van der Waals surface area (Å²) in [4.78, 5) is 23.3. The molecule has 0 unspecified atom stereocenters. The van der Waals surface area contributed by atoms with Gasteiger partial charge in [-0.1, -0.05) is 29.3 Å². The van der Waals surface area contributed by atoms with Crippen molar-refractivity contribution in [1.29, 1.82) is 0 Å². The van der Waals surface area contributed by atoms with E-state index in [0.717, 1.165) is 4.31 Å². The van der Waals surface area contributed by atoms with Gasteiger partial charge < -0.3 is 10.1 Å². The van der Waals surface area contributed by atoms with Crippen molar-refractivity contribution in [2.45, 2.75) is 31.8 Å². The SMILES string of the molecule is CC(=O)Nc1ccc(S(=O)(=O)N(CC(=O)OC(C)C)c2cccc(Cl)c2Cl)cc1. The minimum Gasteiger partial charge on any atom is -0.462 e. The molecule has 0 saturated heterocycles. The van der Waals surface area contributed by atoms with Crippen LogP contribution in [0.25, 0.3) is 0 Å². The highest BCUT2D eigenvalue weighted by molar-refractivity contribution is 7.92. The van der Waals surface area contributed by atoms with Crippen LogP contribution in [0.15, 0.2) is 47.4 Å². The fourth-order valence-corrected chi connectivity index (χ4v) is 4.31. The predicted molar refractivity (Wildman–Crippen MR) is 113 cm³/mol. The third-order valence-corrected chi connectivity index (χ3v) is 6.19. The Morgan fingerprint density at radius 2 is 1.72 bits per heavy atom. The van der Waals surface area contributed by atoms with E-state index in [2.05, 4.69) is 5.32 Å². The first-order chi connectivity index (χ1) is 13.5. The molecule has 1 N–H and O–H groups in total. The largest absolute Gasteiger partial charge is 0.462 e. The van der Waals surface area contributed by atoms with E-state index < -0.39 is 28.6 Å². The Balaban J connectivity index is 2.49. The summed E-state index contributed by atoms with van der Waals surface area (Å²) in [7, 11) is -4.19. The molecule has 7 nitrogen and oxygen atoms in total. The van der Waals surface area contributed by atoms with Crippen LogP contribution in [0.2, 0.25) is 10.0 Å². The molecule has 0 bridgehead atoms. The monoisotopic (exact) mass is 458 g/mol. The van der Waals surface area contributed by atoms with Gasteiger partial charge in [0.15, 0.2) is 0 Å². The van der Waals surface area contributed by atoms with Crippen molar-refractivity contribution in [3.63, 3.8) is 0 Å². The summed E-state index contributed by atoms with van der Waals surface area (Å²) in [5.41, 5.74) is 0.480. The number of benzene rings is 2. The molecular weight excluding hydrogens is 439 g/mol. The summed E-state index contributed by atoms with van der Waals surface area (Å²) >= 11 is 12.2. The number of anilines is 2. The molecule has 2 rings (SSSR count). The first kappa shape index (κ1) is 23.0. The number of rotatable bonds is 7. The smallest absolute Gasteiger partial charge is 0.327 e. The first-order valence-electron chi connectivity index (χ1n) is 8.56. The number of amides is 1. The molecule has 0 atom stereocenters. The predicted octanol–water partition coefficient (Wildman–Crippen LogP) is 4.10. The van der Waals surface area contributed by atoms with Gasteiger partial charge in [0.25, 0.3) is 10.0 Å². The number of nitrogens with one attached hydrogen (secondary N) is 1. The highest BCUT2D eigenvalue weighted by Gasteiger charge is 2.30. The molecule has 1 amide bonds. The minimum atomic E-state index is -4.19. The average molecular weight is 459 g/mol. The van der Waals surface area contributed by atoms with E-state index in [0.29, 0.717) is 5.69 Å². The van der Waals surface area contributed by atoms with Gasteiger partial charge in [0.1, 0.15) is 6.54 Å². The zero-order valence-corrected chi connectivity index (χ0v) is 18.3. The summed E-state index contributed by atoms with van der Waals surface area (Å²) < 4.78 is 32.5. The van der Waals surface area contributed by atoms with E-state index in [1.54, 1.807) is 13.8 Å². The lowest BCUT2D eigenvalue weighted by Crippen LogP contribution is -2.37. The zero-order valence-electron chi connectivity index (χ0n) is 16.0. The highest BCUT2D eigenvalue weighted by atomic mass is 35.5. The van der Waals surface area contributed by atoms with Crippen molar-refractivity contribution in [1.82, 2.24) is 0 Å². The van der Waals surface area contributed by atoms with Crippen LogP contribution in [0.4, 0.5) is 11.4 Å². The molecule has 0 heterocycles. The number of nitrogens with zero attached hydrogens (tertiary/aromatic N) is 1. The van der Waals surface area contributed by atoms with E-state index >= 15 is 0 Å². The lowest BCUT2D eigenvalue weighted by molar-refractivity contribution is -0.145. The maximum absolute atomic E-state index is 13.3. The van der Waals surface area contributed by atoms with E-state index in [9.17, 15) is 18.0 Å². The second-order valence-electron chi connectivity index (χ2n) is 6.33. The molecule has 0 radical (unpaired) electrons. The van der Waals surface area contributed by atoms with Gasteiger partial charge >= 0.3 is 5.97 Å². The first-order valence-corrected chi connectivity index (χ1v) is 10.8. The molecule has 0 aliphatic heterocycles. The molecule has 10 heteroatoms. The number of carbonyl (C=O) groups is 2. The van der Waals surface area contributed by atoms with E-state index in [1.165, 1.54) is 49.4 Å². The maximum atomic E-state index is 13.3. The van der Waals surface area contributed by atoms with E-state index in [1.807, 2.05) is 0 Å². The molecule has 156 valence electrons. The van der Waals surface area contributed by atoms with Crippen molar-refractivity contribution >= 4 is 56.5 Å². The van der Waals surface area contributed by atoms with E-state index in [4.69, 9.17) is 27.9 Å². The third kappa shape index (κ3) is 5.85. The van der Waals surface area contributed by atoms with Gasteiger partial charge in [-0.3, -0.25) is 13.9 Å². The highest BCUT2D eigenvalue weighted by Crippen LogP contribution is 2.35. The topological polar surface area (TPSA) is 92.8 Å². The van der Waals surface area contributed by atoms with Gasteiger partial charge in [0.05, 0.1) is 26.7 Å². The van der Waals surface area contributed by atoms with Crippen molar-refractivity contribution in [2.24, 2.45) is 0 Å². The van der Waals surface area contributed by atoms with Crippen LogP contribution in [0.1, 0.15) is 20.8 Å². The van der Waals surface area contributed by atoms with Gasteiger partial charge in [0, 0.05) is 12.6 Å². The van der Waals surface area contributed by atoms with Gasteiger partial charge in [-0.05, 0) is 50.2 Å². The molecule has 2 aromatic rings. The second-order valence-corrected chi connectivity index (χ2v) is 8.98. The third-order valence-electron chi connectivity index (χ3n) is 3.60. The molecule has 0 aliphatic carbocycles. The lowest BCUT2D eigenvalue weighted by atomic mass is 10.3. The van der Waals surface area contributed by atoms with Crippen LogP contribution < -0.4 is 9.62 Å².